The van der Waals surface area contributed by atoms with Gasteiger partial charge in [-0.2, -0.15) is 0 Å². The average molecular weight is 271 g/mol. The van der Waals surface area contributed by atoms with Gasteiger partial charge in [0, 0.05) is 12.0 Å². The summed E-state index contributed by atoms with van der Waals surface area (Å²) in [5, 5.41) is 0. The first kappa shape index (κ1) is 15.9. The molecule has 0 amide bonds. The number of thiocarbonyl (C=S) groups is 1. The molecule has 4 heteroatoms. The Kier molecular flexibility index (Phi) is 6.02. The summed E-state index contributed by atoms with van der Waals surface area (Å²) in [6, 6.07) is 0. The third kappa shape index (κ3) is 5.21. The van der Waals surface area contributed by atoms with Crippen LogP contribution in [0.3, 0.4) is 0 Å². The molecule has 18 heavy (non-hydrogen) atoms. The van der Waals surface area contributed by atoms with E-state index in [1.807, 2.05) is 0 Å². The summed E-state index contributed by atoms with van der Waals surface area (Å²) >= 11 is 5.12. The predicted molar refractivity (Wildman–Crippen MR) is 82.9 cm³/mol. The van der Waals surface area contributed by atoms with E-state index < -0.39 is 0 Å². The van der Waals surface area contributed by atoms with Gasteiger partial charge in [-0.25, -0.2) is 0 Å². The number of nitrogens with two attached hydrogens (primary N) is 1. The molecule has 2 N–H and O–H groups in total. The zero-order valence-electron chi connectivity index (χ0n) is 12.4. The van der Waals surface area contributed by atoms with Crippen LogP contribution in [0.5, 0.6) is 0 Å². The first-order valence-electron chi connectivity index (χ1n) is 6.98. The summed E-state index contributed by atoms with van der Waals surface area (Å²) in [5.74, 6) is 0.875. The maximum atomic E-state index is 5.77. The smallest absolute Gasteiger partial charge is 0.0784 e. The molecule has 1 fully saturated rings. The lowest BCUT2D eigenvalue weighted by Gasteiger charge is -2.35. The Morgan fingerprint density at radius 2 is 1.89 bits per heavy atom. The van der Waals surface area contributed by atoms with Crippen LogP contribution in [0.25, 0.3) is 0 Å². The maximum Gasteiger partial charge on any atom is 0.0784 e. The van der Waals surface area contributed by atoms with Crippen LogP contribution in [0.15, 0.2) is 0 Å². The Bertz CT molecular complexity index is 268. The Morgan fingerprint density at radius 3 is 2.33 bits per heavy atom. The number of hydrogen-bond acceptors (Lipinski definition) is 3. The highest BCUT2D eigenvalue weighted by Gasteiger charge is 2.24. The summed E-state index contributed by atoms with van der Waals surface area (Å²) < 4.78 is 0. The molecule has 106 valence electrons. The fraction of sp³-hybridized carbons (Fsp3) is 0.929. The van der Waals surface area contributed by atoms with Crippen LogP contribution in [-0.2, 0) is 0 Å². The van der Waals surface area contributed by atoms with Crippen molar-refractivity contribution in [2.24, 2.45) is 17.1 Å². The fourth-order valence-corrected chi connectivity index (χ4v) is 2.57. The summed E-state index contributed by atoms with van der Waals surface area (Å²) in [7, 11) is 4.33. The molecular formula is C14H29N3S. The van der Waals surface area contributed by atoms with Gasteiger partial charge < -0.3 is 15.5 Å². The van der Waals surface area contributed by atoms with E-state index in [0.717, 1.165) is 18.9 Å². The van der Waals surface area contributed by atoms with Gasteiger partial charge in [-0.3, -0.25) is 0 Å². The van der Waals surface area contributed by atoms with E-state index in [1.165, 1.54) is 32.5 Å². The van der Waals surface area contributed by atoms with Crippen molar-refractivity contribution in [1.29, 1.82) is 0 Å². The Balaban J connectivity index is 2.26. The monoisotopic (exact) mass is 271 g/mol. The van der Waals surface area contributed by atoms with Crippen molar-refractivity contribution >= 4 is 17.2 Å². The van der Waals surface area contributed by atoms with E-state index in [1.54, 1.807) is 0 Å². The second-order valence-corrected chi connectivity index (χ2v) is 6.99. The molecule has 1 heterocycles. The number of piperidine rings is 1. The van der Waals surface area contributed by atoms with Crippen molar-refractivity contribution in [1.82, 2.24) is 9.80 Å². The van der Waals surface area contributed by atoms with Gasteiger partial charge in [0.15, 0.2) is 0 Å². The Hall–Kier alpha value is -0.190. The van der Waals surface area contributed by atoms with Crippen LogP contribution < -0.4 is 5.73 Å². The number of nitrogens with zero attached hydrogens (tertiary/aromatic N) is 2. The molecule has 0 bridgehead atoms. The number of hydrogen-bond donors (Lipinski definition) is 1. The summed E-state index contributed by atoms with van der Waals surface area (Å²) in [6.07, 6.45) is 3.72. The van der Waals surface area contributed by atoms with Gasteiger partial charge in [-0.05, 0) is 58.9 Å². The Labute approximate surface area is 118 Å². The van der Waals surface area contributed by atoms with Crippen LogP contribution in [-0.4, -0.2) is 55.1 Å². The lowest BCUT2D eigenvalue weighted by molar-refractivity contribution is 0.153. The van der Waals surface area contributed by atoms with Crippen molar-refractivity contribution < 1.29 is 0 Å². The number of rotatable bonds is 6. The molecule has 0 aromatic rings. The van der Waals surface area contributed by atoms with Crippen LogP contribution in [0, 0.1) is 11.3 Å². The van der Waals surface area contributed by atoms with Gasteiger partial charge in [0.2, 0.25) is 0 Å². The highest BCUT2D eigenvalue weighted by Crippen LogP contribution is 2.23. The molecule has 1 rings (SSSR count). The summed E-state index contributed by atoms with van der Waals surface area (Å²) in [4.78, 5) is 5.51. The van der Waals surface area contributed by atoms with E-state index >= 15 is 0 Å². The standard InChI is InChI=1S/C14H29N3S/c1-14(2,13(15)18)7-10-17-8-5-12(6-9-17)11-16(3)4/h12H,5-11H2,1-4H3,(H2,15,18). The fourth-order valence-electron chi connectivity index (χ4n) is 2.47. The molecule has 1 aliphatic rings. The minimum absolute atomic E-state index is 0.00415. The molecule has 0 spiro atoms. The third-order valence-electron chi connectivity index (χ3n) is 4.05. The second kappa shape index (κ2) is 6.83. The molecule has 0 atom stereocenters. The molecule has 0 aromatic carbocycles. The van der Waals surface area contributed by atoms with Gasteiger partial charge in [-0.1, -0.05) is 26.1 Å². The first-order chi connectivity index (χ1) is 8.31. The third-order valence-corrected chi connectivity index (χ3v) is 4.60. The lowest BCUT2D eigenvalue weighted by Crippen LogP contribution is -2.40. The van der Waals surface area contributed by atoms with E-state index in [4.69, 9.17) is 18.0 Å². The summed E-state index contributed by atoms with van der Waals surface area (Å²) in [6.45, 7) is 9.10. The van der Waals surface area contributed by atoms with E-state index in [0.29, 0.717) is 4.99 Å². The molecule has 1 aliphatic heterocycles. The minimum Gasteiger partial charge on any atom is -0.393 e. The van der Waals surface area contributed by atoms with E-state index in [9.17, 15) is 0 Å². The van der Waals surface area contributed by atoms with E-state index in [-0.39, 0.29) is 5.41 Å². The summed E-state index contributed by atoms with van der Waals surface area (Å²) in [5.41, 5.74) is 5.77. The molecule has 0 aliphatic carbocycles. The minimum atomic E-state index is -0.00415. The molecule has 1 saturated heterocycles. The maximum absolute atomic E-state index is 5.77. The van der Waals surface area contributed by atoms with Crippen molar-refractivity contribution in [3.8, 4) is 0 Å². The zero-order valence-corrected chi connectivity index (χ0v) is 13.2. The molecule has 3 nitrogen and oxygen atoms in total. The van der Waals surface area contributed by atoms with Crippen LogP contribution in [0.2, 0.25) is 0 Å². The van der Waals surface area contributed by atoms with Crippen LogP contribution in [0.1, 0.15) is 33.1 Å². The highest BCUT2D eigenvalue weighted by molar-refractivity contribution is 7.80. The highest BCUT2D eigenvalue weighted by atomic mass is 32.1. The molecule has 0 radical (unpaired) electrons. The zero-order chi connectivity index (χ0) is 13.8. The molecular weight excluding hydrogens is 242 g/mol. The van der Waals surface area contributed by atoms with Gasteiger partial charge in [0.05, 0.1) is 4.99 Å². The van der Waals surface area contributed by atoms with Crippen molar-refractivity contribution in [3.05, 3.63) is 0 Å². The van der Waals surface area contributed by atoms with Gasteiger partial charge in [-0.15, -0.1) is 0 Å². The predicted octanol–water partition coefficient (Wildman–Crippen LogP) is 1.96. The molecule has 0 aromatic heterocycles. The average Bonchev–Trinajstić information content (AvgIpc) is 2.27. The molecule has 0 unspecified atom stereocenters. The van der Waals surface area contributed by atoms with Crippen molar-refractivity contribution in [2.75, 3.05) is 40.3 Å². The topological polar surface area (TPSA) is 32.5 Å². The molecule has 0 saturated carbocycles. The first-order valence-corrected chi connectivity index (χ1v) is 7.39. The lowest BCUT2D eigenvalue weighted by atomic mass is 9.88. The van der Waals surface area contributed by atoms with Gasteiger partial charge in [0.1, 0.15) is 0 Å². The van der Waals surface area contributed by atoms with Crippen molar-refractivity contribution in [2.45, 2.75) is 33.1 Å². The number of likely N-dealkylation sites (tertiary alicyclic amines) is 1. The van der Waals surface area contributed by atoms with Gasteiger partial charge >= 0.3 is 0 Å². The van der Waals surface area contributed by atoms with Crippen LogP contribution in [0.4, 0.5) is 0 Å². The Morgan fingerprint density at radius 1 is 1.33 bits per heavy atom. The normalized spacial score (nSPS) is 19.4. The van der Waals surface area contributed by atoms with Crippen LogP contribution >= 0.6 is 12.2 Å². The second-order valence-electron chi connectivity index (χ2n) is 6.55. The van der Waals surface area contributed by atoms with E-state index in [2.05, 4.69) is 37.7 Å². The SMILES string of the molecule is CN(C)CC1CCN(CCC(C)(C)C(N)=S)CC1. The van der Waals surface area contributed by atoms with Crippen molar-refractivity contribution in [3.63, 3.8) is 0 Å². The quantitative estimate of drug-likeness (QED) is 0.749. The van der Waals surface area contributed by atoms with Gasteiger partial charge in [0.25, 0.3) is 0 Å². The largest absolute Gasteiger partial charge is 0.393 e.